The first-order valence-corrected chi connectivity index (χ1v) is 10.4. The fraction of sp³-hybridized carbons (Fsp3) is 0.565. The Balaban J connectivity index is 1.73. The van der Waals surface area contributed by atoms with Gasteiger partial charge in [0.25, 0.3) is 0 Å². The van der Waals surface area contributed by atoms with Crippen molar-refractivity contribution >= 4 is 18.0 Å². The molecule has 0 bridgehead atoms. The molecule has 0 aromatic heterocycles. The smallest absolute Gasteiger partial charge is 0.314 e. The quantitative estimate of drug-likeness (QED) is 0.701. The van der Waals surface area contributed by atoms with Crippen molar-refractivity contribution in [3.63, 3.8) is 0 Å². The topological polar surface area (TPSA) is 55.8 Å². The molecule has 0 saturated carbocycles. The molecule has 1 atom stereocenters. The zero-order valence-corrected chi connectivity index (χ0v) is 16.8. The van der Waals surface area contributed by atoms with Crippen molar-refractivity contribution < 1.29 is 19.1 Å². The van der Waals surface area contributed by atoms with Crippen LogP contribution in [0.4, 0.5) is 0 Å². The Morgan fingerprint density at radius 1 is 1.25 bits per heavy atom. The minimum Gasteiger partial charge on any atom is -0.466 e. The highest BCUT2D eigenvalue weighted by Gasteiger charge is 2.44. The van der Waals surface area contributed by atoms with E-state index < -0.39 is 5.41 Å². The van der Waals surface area contributed by atoms with E-state index in [0.717, 1.165) is 37.8 Å². The molecule has 2 aliphatic heterocycles. The standard InChI is InChI=1S/C23H31NO4/c1-2-28-22(26)23(13-6-10-19-8-4-3-5-9-19)14-7-15-24(18-23)21(25)20-11-16-27-17-12-20/h3-6,8-10,20H,2,7,11-18H2,1H3/b10-6+/t23-/m0/s1. The first kappa shape index (κ1) is 20.6. The minimum atomic E-state index is -0.652. The van der Waals surface area contributed by atoms with E-state index in [9.17, 15) is 9.59 Å². The fourth-order valence-electron chi connectivity index (χ4n) is 4.21. The summed E-state index contributed by atoms with van der Waals surface area (Å²) in [4.78, 5) is 27.8. The molecule has 2 heterocycles. The molecule has 2 saturated heterocycles. The monoisotopic (exact) mass is 385 g/mol. The summed E-state index contributed by atoms with van der Waals surface area (Å²) in [5.41, 5.74) is 0.452. The van der Waals surface area contributed by atoms with Crippen molar-refractivity contribution in [2.75, 3.05) is 32.9 Å². The number of ether oxygens (including phenoxy) is 2. The highest BCUT2D eigenvalue weighted by atomic mass is 16.5. The number of esters is 1. The van der Waals surface area contributed by atoms with Gasteiger partial charge in [-0.15, -0.1) is 0 Å². The number of likely N-dealkylation sites (tertiary alicyclic amines) is 1. The van der Waals surface area contributed by atoms with E-state index in [1.54, 1.807) is 0 Å². The van der Waals surface area contributed by atoms with Gasteiger partial charge in [0.05, 0.1) is 12.0 Å². The molecule has 1 aromatic carbocycles. The second kappa shape index (κ2) is 9.87. The van der Waals surface area contributed by atoms with Crippen molar-refractivity contribution in [3.05, 3.63) is 42.0 Å². The number of carbonyl (C=O) groups excluding carboxylic acids is 2. The average molecular weight is 386 g/mol. The van der Waals surface area contributed by atoms with Crippen molar-refractivity contribution in [3.8, 4) is 0 Å². The molecule has 5 nitrogen and oxygen atoms in total. The van der Waals surface area contributed by atoms with Gasteiger partial charge in [-0.2, -0.15) is 0 Å². The van der Waals surface area contributed by atoms with Gasteiger partial charge in [0.2, 0.25) is 5.91 Å². The van der Waals surface area contributed by atoms with Crippen LogP contribution in [-0.4, -0.2) is 49.7 Å². The van der Waals surface area contributed by atoms with Crippen LogP contribution in [0, 0.1) is 11.3 Å². The molecule has 0 spiro atoms. The van der Waals surface area contributed by atoms with Gasteiger partial charge in [-0.3, -0.25) is 9.59 Å². The highest BCUT2D eigenvalue weighted by molar-refractivity contribution is 5.82. The van der Waals surface area contributed by atoms with Crippen LogP contribution in [0.15, 0.2) is 36.4 Å². The van der Waals surface area contributed by atoms with Crippen LogP contribution in [0.1, 0.15) is 44.6 Å². The number of amides is 1. The number of nitrogens with zero attached hydrogens (tertiary/aromatic N) is 1. The Morgan fingerprint density at radius 3 is 2.71 bits per heavy atom. The Labute approximate surface area is 167 Å². The summed E-state index contributed by atoms with van der Waals surface area (Å²) < 4.78 is 10.8. The summed E-state index contributed by atoms with van der Waals surface area (Å²) in [5.74, 6) is 0.00695. The number of hydrogen-bond acceptors (Lipinski definition) is 4. The van der Waals surface area contributed by atoms with Crippen molar-refractivity contribution in [2.45, 2.75) is 39.0 Å². The van der Waals surface area contributed by atoms with E-state index in [2.05, 4.69) is 6.08 Å². The number of benzene rings is 1. The molecule has 0 radical (unpaired) electrons. The number of carbonyl (C=O) groups is 2. The predicted molar refractivity (Wildman–Crippen MR) is 109 cm³/mol. The predicted octanol–water partition coefficient (Wildman–Crippen LogP) is 3.69. The molecule has 28 heavy (non-hydrogen) atoms. The number of allylic oxidation sites excluding steroid dienone is 1. The van der Waals surface area contributed by atoms with Gasteiger partial charge < -0.3 is 14.4 Å². The SMILES string of the molecule is CCOC(=O)[C@@]1(C/C=C/c2ccccc2)CCCN(C(=O)C2CCOCC2)C1. The van der Waals surface area contributed by atoms with E-state index in [4.69, 9.17) is 9.47 Å². The van der Waals surface area contributed by atoms with Gasteiger partial charge >= 0.3 is 5.97 Å². The largest absolute Gasteiger partial charge is 0.466 e. The molecule has 5 heteroatoms. The first-order chi connectivity index (χ1) is 13.6. The number of hydrogen-bond donors (Lipinski definition) is 0. The molecule has 1 amide bonds. The maximum Gasteiger partial charge on any atom is 0.314 e. The molecular weight excluding hydrogens is 354 g/mol. The Morgan fingerprint density at radius 2 is 2.00 bits per heavy atom. The van der Waals surface area contributed by atoms with E-state index in [-0.39, 0.29) is 17.8 Å². The molecular formula is C23H31NO4. The zero-order chi connectivity index (χ0) is 19.8. The lowest BCUT2D eigenvalue weighted by Crippen LogP contribution is -2.52. The van der Waals surface area contributed by atoms with E-state index in [1.807, 2.05) is 48.2 Å². The van der Waals surface area contributed by atoms with Crippen LogP contribution in [0.3, 0.4) is 0 Å². The third-order valence-electron chi connectivity index (χ3n) is 5.79. The normalized spacial score (nSPS) is 23.7. The number of rotatable bonds is 6. The summed E-state index contributed by atoms with van der Waals surface area (Å²) >= 11 is 0. The van der Waals surface area contributed by atoms with Gasteiger partial charge in [0.15, 0.2) is 0 Å². The zero-order valence-electron chi connectivity index (χ0n) is 16.8. The molecule has 152 valence electrons. The Hall–Kier alpha value is -2.14. The molecule has 2 aliphatic rings. The Kier molecular flexibility index (Phi) is 7.26. The maximum atomic E-state index is 13.0. The lowest BCUT2D eigenvalue weighted by molar-refractivity contribution is -0.161. The molecule has 0 aliphatic carbocycles. The van der Waals surface area contributed by atoms with Crippen LogP contribution in [0.2, 0.25) is 0 Å². The molecule has 2 fully saturated rings. The molecule has 1 aromatic rings. The van der Waals surface area contributed by atoms with Gasteiger partial charge in [-0.1, -0.05) is 42.5 Å². The van der Waals surface area contributed by atoms with E-state index in [1.165, 1.54) is 0 Å². The lowest BCUT2D eigenvalue weighted by Gasteiger charge is -2.42. The van der Waals surface area contributed by atoms with Crippen LogP contribution < -0.4 is 0 Å². The molecule has 0 N–H and O–H groups in total. The summed E-state index contributed by atoms with van der Waals surface area (Å²) in [6, 6.07) is 10.1. The lowest BCUT2D eigenvalue weighted by atomic mass is 9.76. The van der Waals surface area contributed by atoms with Crippen molar-refractivity contribution in [1.29, 1.82) is 0 Å². The minimum absolute atomic E-state index is 0.0200. The second-order valence-electron chi connectivity index (χ2n) is 7.77. The van der Waals surface area contributed by atoms with Gasteiger partial charge in [0, 0.05) is 32.2 Å². The van der Waals surface area contributed by atoms with Crippen molar-refractivity contribution in [1.82, 2.24) is 4.90 Å². The number of piperidine rings is 1. The summed E-state index contributed by atoms with van der Waals surface area (Å²) in [6.07, 6.45) is 7.80. The summed E-state index contributed by atoms with van der Waals surface area (Å²) in [5, 5.41) is 0. The third-order valence-corrected chi connectivity index (χ3v) is 5.79. The fourth-order valence-corrected chi connectivity index (χ4v) is 4.21. The summed E-state index contributed by atoms with van der Waals surface area (Å²) in [7, 11) is 0. The van der Waals surface area contributed by atoms with E-state index >= 15 is 0 Å². The highest BCUT2D eigenvalue weighted by Crippen LogP contribution is 2.37. The van der Waals surface area contributed by atoms with Gasteiger partial charge in [-0.25, -0.2) is 0 Å². The van der Waals surface area contributed by atoms with E-state index in [0.29, 0.717) is 32.8 Å². The van der Waals surface area contributed by atoms with Gasteiger partial charge in [0.1, 0.15) is 0 Å². The van der Waals surface area contributed by atoms with Crippen molar-refractivity contribution in [2.24, 2.45) is 11.3 Å². The first-order valence-electron chi connectivity index (χ1n) is 10.4. The second-order valence-corrected chi connectivity index (χ2v) is 7.77. The average Bonchev–Trinajstić information content (AvgIpc) is 2.75. The van der Waals surface area contributed by atoms with Crippen LogP contribution in [-0.2, 0) is 19.1 Å². The maximum absolute atomic E-state index is 13.0. The molecule has 3 rings (SSSR count). The third kappa shape index (κ3) is 5.02. The molecule has 0 unspecified atom stereocenters. The van der Waals surface area contributed by atoms with Crippen LogP contribution in [0.25, 0.3) is 6.08 Å². The van der Waals surface area contributed by atoms with Crippen LogP contribution in [0.5, 0.6) is 0 Å². The Bertz CT molecular complexity index is 681. The summed E-state index contributed by atoms with van der Waals surface area (Å²) in [6.45, 7) is 4.65. The van der Waals surface area contributed by atoms with Gasteiger partial charge in [-0.05, 0) is 44.6 Å². The van der Waals surface area contributed by atoms with Crippen LogP contribution >= 0.6 is 0 Å².